The van der Waals surface area contributed by atoms with Crippen LogP contribution < -0.4 is 10.1 Å². The molecule has 3 rings (SSSR count). The van der Waals surface area contributed by atoms with Crippen LogP contribution in [0.3, 0.4) is 0 Å². The van der Waals surface area contributed by atoms with Gasteiger partial charge < -0.3 is 14.6 Å². The first-order valence-electron chi connectivity index (χ1n) is 8.69. The highest BCUT2D eigenvalue weighted by Gasteiger charge is 2.31. The van der Waals surface area contributed by atoms with Gasteiger partial charge in [0, 0.05) is 12.0 Å². The van der Waals surface area contributed by atoms with Crippen LogP contribution in [0.2, 0.25) is 0 Å². The lowest BCUT2D eigenvalue weighted by atomic mass is 10.3. The van der Waals surface area contributed by atoms with E-state index in [2.05, 4.69) is 33.9 Å². The number of nitrogens with zero attached hydrogens (tertiary/aromatic N) is 3. The molecule has 0 bridgehead atoms. The molecule has 0 radical (unpaired) electrons. The molecule has 2 aromatic rings. The number of rotatable bonds is 8. The van der Waals surface area contributed by atoms with Crippen molar-refractivity contribution in [2.45, 2.75) is 50.7 Å². The van der Waals surface area contributed by atoms with Crippen LogP contribution in [0.25, 0.3) is 0 Å². The third kappa shape index (κ3) is 4.34. The quantitative estimate of drug-likeness (QED) is 0.724. The van der Waals surface area contributed by atoms with Gasteiger partial charge in [-0.15, -0.1) is 10.2 Å². The summed E-state index contributed by atoms with van der Waals surface area (Å²) in [4.78, 5) is 12.3. The molecule has 1 fully saturated rings. The van der Waals surface area contributed by atoms with Gasteiger partial charge in [0.2, 0.25) is 5.91 Å². The first-order valence-corrected chi connectivity index (χ1v) is 9.68. The van der Waals surface area contributed by atoms with Crippen molar-refractivity contribution in [3.8, 4) is 5.75 Å². The molecule has 1 aromatic carbocycles. The Labute approximate surface area is 152 Å². The molecule has 0 saturated heterocycles. The van der Waals surface area contributed by atoms with E-state index < -0.39 is 0 Å². The molecule has 1 N–H and O–H groups in total. The zero-order chi connectivity index (χ0) is 17.8. The van der Waals surface area contributed by atoms with Crippen LogP contribution in [0.15, 0.2) is 29.4 Å². The van der Waals surface area contributed by atoms with Crippen molar-refractivity contribution in [2.75, 3.05) is 17.7 Å². The van der Waals surface area contributed by atoms with Gasteiger partial charge in [0.25, 0.3) is 0 Å². The first-order chi connectivity index (χ1) is 12.1. The number of hydrogen-bond acceptors (Lipinski definition) is 5. The molecule has 7 heteroatoms. The molecule has 1 aliphatic rings. The fourth-order valence-corrected chi connectivity index (χ4v) is 3.53. The smallest absolute Gasteiger partial charge is 0.234 e. The Hall–Kier alpha value is -2.02. The molecule has 0 spiro atoms. The van der Waals surface area contributed by atoms with Crippen molar-refractivity contribution in [3.05, 3.63) is 30.1 Å². The van der Waals surface area contributed by atoms with Crippen LogP contribution in [0.5, 0.6) is 5.75 Å². The Morgan fingerprint density at radius 2 is 2.12 bits per heavy atom. The van der Waals surface area contributed by atoms with E-state index >= 15 is 0 Å². The number of anilines is 1. The van der Waals surface area contributed by atoms with Gasteiger partial charge in [0.05, 0.1) is 18.0 Å². The number of nitrogens with one attached hydrogen (secondary N) is 1. The minimum Gasteiger partial charge on any atom is -0.492 e. The van der Waals surface area contributed by atoms with Gasteiger partial charge in [-0.05, 0) is 45.7 Å². The first kappa shape index (κ1) is 17.8. The zero-order valence-electron chi connectivity index (χ0n) is 14.9. The van der Waals surface area contributed by atoms with Crippen LogP contribution in [0, 0.1) is 0 Å². The Morgan fingerprint density at radius 1 is 1.36 bits per heavy atom. The highest BCUT2D eigenvalue weighted by atomic mass is 32.2. The van der Waals surface area contributed by atoms with Crippen molar-refractivity contribution in [3.63, 3.8) is 0 Å². The summed E-state index contributed by atoms with van der Waals surface area (Å²) in [5, 5.41) is 12.4. The molecule has 1 amide bonds. The number of carbonyl (C=O) groups is 1. The molecule has 0 unspecified atom stereocenters. The van der Waals surface area contributed by atoms with E-state index in [0.29, 0.717) is 24.0 Å². The normalized spacial score (nSPS) is 13.9. The fraction of sp³-hybridized carbons (Fsp3) is 0.500. The van der Waals surface area contributed by atoms with E-state index in [0.717, 1.165) is 11.0 Å². The Morgan fingerprint density at radius 3 is 2.80 bits per heavy atom. The van der Waals surface area contributed by atoms with E-state index in [1.54, 1.807) is 0 Å². The summed E-state index contributed by atoms with van der Waals surface area (Å²) in [6.45, 7) is 6.73. The second-order valence-electron chi connectivity index (χ2n) is 6.34. The number of hydrogen-bond donors (Lipinski definition) is 1. The van der Waals surface area contributed by atoms with E-state index in [1.165, 1.54) is 24.6 Å². The molecule has 1 aliphatic carbocycles. The molecular weight excluding hydrogens is 336 g/mol. The van der Waals surface area contributed by atoms with Crippen LogP contribution in [-0.4, -0.2) is 33.0 Å². The number of ether oxygens (including phenoxy) is 1. The summed E-state index contributed by atoms with van der Waals surface area (Å²) in [7, 11) is 0. The fourth-order valence-electron chi connectivity index (χ4n) is 2.66. The third-order valence-corrected chi connectivity index (χ3v) is 4.89. The van der Waals surface area contributed by atoms with Crippen molar-refractivity contribution in [1.29, 1.82) is 0 Å². The van der Waals surface area contributed by atoms with Crippen molar-refractivity contribution in [2.24, 2.45) is 0 Å². The maximum Gasteiger partial charge on any atom is 0.234 e. The minimum absolute atomic E-state index is 0.0802. The van der Waals surface area contributed by atoms with Crippen LogP contribution in [0.1, 0.15) is 51.4 Å². The molecule has 0 aliphatic heterocycles. The molecule has 25 heavy (non-hydrogen) atoms. The van der Waals surface area contributed by atoms with E-state index in [-0.39, 0.29) is 17.7 Å². The Bertz CT molecular complexity index is 740. The van der Waals surface area contributed by atoms with E-state index in [1.807, 2.05) is 31.2 Å². The average molecular weight is 360 g/mol. The number of thioether (sulfide) groups is 1. The Balaban J connectivity index is 1.63. The van der Waals surface area contributed by atoms with E-state index in [9.17, 15) is 4.79 Å². The number of benzene rings is 1. The summed E-state index contributed by atoms with van der Waals surface area (Å²) in [6, 6.07) is 7.75. The largest absolute Gasteiger partial charge is 0.492 e. The van der Waals surface area contributed by atoms with Gasteiger partial charge in [0.15, 0.2) is 5.16 Å². The maximum absolute atomic E-state index is 12.3. The predicted octanol–water partition coefficient (Wildman–Crippen LogP) is 3.87. The second kappa shape index (κ2) is 7.91. The molecule has 1 aromatic heterocycles. The summed E-state index contributed by atoms with van der Waals surface area (Å²) < 4.78 is 7.70. The summed E-state index contributed by atoms with van der Waals surface area (Å²) in [5.41, 5.74) is 0.693. The monoisotopic (exact) mass is 360 g/mol. The van der Waals surface area contributed by atoms with Gasteiger partial charge >= 0.3 is 0 Å². The predicted molar refractivity (Wildman–Crippen MR) is 99.3 cm³/mol. The highest BCUT2D eigenvalue weighted by Crippen LogP contribution is 2.41. The van der Waals surface area contributed by atoms with Gasteiger partial charge in [-0.25, -0.2) is 0 Å². The average Bonchev–Trinajstić information content (AvgIpc) is 3.34. The lowest BCUT2D eigenvalue weighted by molar-refractivity contribution is -0.113. The molecule has 1 saturated carbocycles. The summed E-state index contributed by atoms with van der Waals surface area (Å²) >= 11 is 1.42. The minimum atomic E-state index is -0.0802. The zero-order valence-corrected chi connectivity index (χ0v) is 15.7. The van der Waals surface area contributed by atoms with Crippen molar-refractivity contribution >= 4 is 23.4 Å². The van der Waals surface area contributed by atoms with Gasteiger partial charge in [-0.1, -0.05) is 23.9 Å². The standard InChI is InChI=1S/C18H24N4O2S/c1-4-24-15-8-6-5-7-14(15)19-16(23)11-25-18-21-20-17(13-9-10-13)22(18)12(2)3/h5-8,12-13H,4,9-11H2,1-3H3,(H,19,23). The second-order valence-corrected chi connectivity index (χ2v) is 7.29. The topological polar surface area (TPSA) is 69.0 Å². The Kier molecular flexibility index (Phi) is 5.63. The summed E-state index contributed by atoms with van der Waals surface area (Å²) in [6.07, 6.45) is 2.37. The number of aromatic nitrogens is 3. The SMILES string of the molecule is CCOc1ccccc1NC(=O)CSc1nnc(C2CC2)n1C(C)C. The van der Waals surface area contributed by atoms with Gasteiger partial charge in [-0.2, -0.15) is 0 Å². The highest BCUT2D eigenvalue weighted by molar-refractivity contribution is 7.99. The number of amides is 1. The lowest BCUT2D eigenvalue weighted by Crippen LogP contribution is -2.16. The van der Waals surface area contributed by atoms with Crippen molar-refractivity contribution in [1.82, 2.24) is 14.8 Å². The van der Waals surface area contributed by atoms with Crippen LogP contribution in [0.4, 0.5) is 5.69 Å². The van der Waals surface area contributed by atoms with E-state index in [4.69, 9.17) is 4.74 Å². The number of carbonyl (C=O) groups excluding carboxylic acids is 1. The number of para-hydroxylation sites is 2. The summed E-state index contributed by atoms with van der Waals surface area (Å²) in [5.74, 6) is 2.49. The third-order valence-electron chi connectivity index (χ3n) is 3.94. The molecule has 134 valence electrons. The molecular formula is C18H24N4O2S. The van der Waals surface area contributed by atoms with Crippen molar-refractivity contribution < 1.29 is 9.53 Å². The van der Waals surface area contributed by atoms with Gasteiger partial charge in [-0.3, -0.25) is 4.79 Å². The molecule has 6 nitrogen and oxygen atoms in total. The van der Waals surface area contributed by atoms with Gasteiger partial charge in [0.1, 0.15) is 11.6 Å². The van der Waals surface area contributed by atoms with Crippen LogP contribution >= 0.6 is 11.8 Å². The maximum atomic E-state index is 12.3. The lowest BCUT2D eigenvalue weighted by Gasteiger charge is -2.14. The molecule has 0 atom stereocenters. The molecule has 1 heterocycles. The van der Waals surface area contributed by atoms with Crippen LogP contribution in [-0.2, 0) is 4.79 Å².